The van der Waals surface area contributed by atoms with Crippen LogP contribution in [0.25, 0.3) is 90.9 Å². The van der Waals surface area contributed by atoms with Gasteiger partial charge >= 0.3 is 5.97 Å². The van der Waals surface area contributed by atoms with E-state index in [1.807, 2.05) is 73.1 Å². The van der Waals surface area contributed by atoms with Crippen LogP contribution >= 0.6 is 0 Å². The van der Waals surface area contributed by atoms with Crippen molar-refractivity contribution in [2.24, 2.45) is 0 Å². The van der Waals surface area contributed by atoms with E-state index in [2.05, 4.69) is 80.4 Å². The van der Waals surface area contributed by atoms with Gasteiger partial charge in [-0.05, 0) is 126 Å². The second-order valence-electron chi connectivity index (χ2n) is 17.5. The molecule has 9 rings (SSSR count). The first-order chi connectivity index (χ1) is 33.1. The highest BCUT2D eigenvalue weighted by Gasteiger charge is 2.19. The van der Waals surface area contributed by atoms with Crippen LogP contribution in [-0.2, 0) is 4.74 Å². The van der Waals surface area contributed by atoms with Gasteiger partial charge in [-0.3, -0.25) is 15.0 Å². The summed E-state index contributed by atoms with van der Waals surface area (Å²) in [6.07, 6.45) is 37.2. The Morgan fingerprint density at radius 1 is 0.403 bits per heavy atom. The molecule has 2 N–H and O–H groups in total. The molecule has 0 saturated carbocycles. The van der Waals surface area contributed by atoms with Gasteiger partial charge in [0.2, 0.25) is 0 Å². The average molecular weight is 886 g/mol. The van der Waals surface area contributed by atoms with Gasteiger partial charge in [0.25, 0.3) is 0 Å². The van der Waals surface area contributed by atoms with Crippen molar-refractivity contribution in [3.05, 3.63) is 150 Å². The molecule has 1 aromatic carbocycles. The maximum Gasteiger partial charge on any atom is 0.338 e. The number of pyridine rings is 3. The van der Waals surface area contributed by atoms with E-state index in [1.165, 1.54) is 77.0 Å². The molecule has 6 aromatic heterocycles. The number of H-pyrrole nitrogens is 2. The van der Waals surface area contributed by atoms with Crippen LogP contribution in [0.3, 0.4) is 0 Å². The Morgan fingerprint density at radius 2 is 0.716 bits per heavy atom. The number of nitrogens with zero attached hydrogens (tertiary/aromatic N) is 5. The largest absolute Gasteiger partial charge is 0.462 e. The van der Waals surface area contributed by atoms with Gasteiger partial charge in [-0.2, -0.15) is 0 Å². The fourth-order valence-electron chi connectivity index (χ4n) is 9.29. The zero-order valence-corrected chi connectivity index (χ0v) is 38.5. The topological polar surface area (TPSA) is 122 Å². The third kappa shape index (κ3) is 10.9. The van der Waals surface area contributed by atoms with E-state index in [4.69, 9.17) is 14.7 Å². The van der Waals surface area contributed by atoms with Crippen LogP contribution in [0.5, 0.6) is 0 Å². The molecule has 9 nitrogen and oxygen atoms in total. The monoisotopic (exact) mass is 885 g/mol. The zero-order valence-electron chi connectivity index (χ0n) is 38.5. The molecule has 0 spiro atoms. The Bertz CT molecular complexity index is 2950. The normalized spacial score (nSPS) is 11.9. The van der Waals surface area contributed by atoms with Crippen LogP contribution in [-0.4, -0.2) is 47.5 Å². The summed E-state index contributed by atoms with van der Waals surface area (Å²) in [6, 6.07) is 28.2. The Balaban J connectivity index is 1.03. The van der Waals surface area contributed by atoms with Crippen molar-refractivity contribution in [2.75, 3.05) is 6.61 Å². The molecule has 338 valence electrons. The zero-order chi connectivity index (χ0) is 45.6. The van der Waals surface area contributed by atoms with Gasteiger partial charge in [-0.1, -0.05) is 103 Å². The lowest BCUT2D eigenvalue weighted by atomic mass is 10.0. The number of rotatable bonds is 20. The van der Waals surface area contributed by atoms with Crippen molar-refractivity contribution in [1.82, 2.24) is 34.9 Å². The van der Waals surface area contributed by atoms with Crippen LogP contribution < -0.4 is 0 Å². The van der Waals surface area contributed by atoms with Crippen LogP contribution in [0.1, 0.15) is 130 Å². The van der Waals surface area contributed by atoms with Crippen molar-refractivity contribution in [3.63, 3.8) is 0 Å². The lowest BCUT2D eigenvalue weighted by Gasteiger charge is -2.08. The van der Waals surface area contributed by atoms with Gasteiger partial charge in [0.15, 0.2) is 0 Å². The quantitative estimate of drug-likeness (QED) is 0.0577. The molecule has 7 aromatic rings. The number of aromatic amines is 2. The molecule has 0 fully saturated rings. The minimum Gasteiger partial charge on any atom is -0.462 e. The van der Waals surface area contributed by atoms with Gasteiger partial charge in [0, 0.05) is 81.5 Å². The third-order valence-corrected chi connectivity index (χ3v) is 12.8. The van der Waals surface area contributed by atoms with E-state index in [9.17, 15) is 4.79 Å². The Labute approximate surface area is 393 Å². The smallest absolute Gasteiger partial charge is 0.338 e. The first kappa shape index (κ1) is 44.9. The predicted molar refractivity (Wildman–Crippen MR) is 275 cm³/mol. The van der Waals surface area contributed by atoms with Crippen molar-refractivity contribution >= 4 is 52.3 Å². The van der Waals surface area contributed by atoms with Gasteiger partial charge in [-0.25, -0.2) is 14.8 Å². The summed E-state index contributed by atoms with van der Waals surface area (Å²) in [7, 11) is 0. The van der Waals surface area contributed by atoms with E-state index >= 15 is 0 Å². The van der Waals surface area contributed by atoms with Crippen molar-refractivity contribution in [2.45, 2.75) is 96.8 Å². The molecule has 0 aliphatic carbocycles. The minimum absolute atomic E-state index is 0.301. The maximum absolute atomic E-state index is 13.3. The third-order valence-electron chi connectivity index (χ3n) is 12.8. The molecule has 0 atom stereocenters. The number of ether oxygens (including phenoxy) is 1. The summed E-state index contributed by atoms with van der Waals surface area (Å²) in [5.41, 5.74) is 14.9. The molecular formula is C58H59N7O2. The highest BCUT2D eigenvalue weighted by molar-refractivity contribution is 6.00. The fourth-order valence-corrected chi connectivity index (χ4v) is 9.29. The van der Waals surface area contributed by atoms with E-state index in [0.717, 1.165) is 102 Å². The highest BCUT2D eigenvalue weighted by atomic mass is 16.5. The molecular weight excluding hydrogens is 827 g/mol. The molecule has 8 heterocycles. The summed E-state index contributed by atoms with van der Waals surface area (Å²) >= 11 is 0. The fraction of sp³-hybridized carbons (Fsp3) is 0.276. The van der Waals surface area contributed by atoms with E-state index in [1.54, 1.807) is 24.8 Å². The Kier molecular flexibility index (Phi) is 14.9. The van der Waals surface area contributed by atoms with Crippen LogP contribution in [0.15, 0.2) is 122 Å². The number of hydrogen-bond acceptors (Lipinski definition) is 7. The number of hydrogen-bond donors (Lipinski definition) is 2. The van der Waals surface area contributed by atoms with Gasteiger partial charge in [0.05, 0.1) is 34.9 Å². The van der Waals surface area contributed by atoms with E-state index in [0.29, 0.717) is 12.2 Å². The molecule has 67 heavy (non-hydrogen) atoms. The van der Waals surface area contributed by atoms with Gasteiger partial charge in [0.1, 0.15) is 0 Å². The lowest BCUT2D eigenvalue weighted by Crippen LogP contribution is -2.06. The molecule has 9 heteroatoms. The maximum atomic E-state index is 13.3. The van der Waals surface area contributed by atoms with Crippen LogP contribution in [0.4, 0.5) is 0 Å². The summed E-state index contributed by atoms with van der Waals surface area (Å²) < 4.78 is 5.77. The highest BCUT2D eigenvalue weighted by Crippen LogP contribution is 2.38. The Hall–Kier alpha value is -7.26. The molecule has 0 radical (unpaired) electrons. The summed E-state index contributed by atoms with van der Waals surface area (Å²) in [5, 5.41) is 0. The van der Waals surface area contributed by atoms with E-state index < -0.39 is 0 Å². The molecule has 0 saturated heterocycles. The van der Waals surface area contributed by atoms with Crippen LogP contribution in [0, 0.1) is 0 Å². The summed E-state index contributed by atoms with van der Waals surface area (Å²) in [4.78, 5) is 44.6. The van der Waals surface area contributed by atoms with Crippen molar-refractivity contribution < 1.29 is 9.53 Å². The second-order valence-corrected chi connectivity index (χ2v) is 17.5. The number of nitrogens with one attached hydrogen (secondary N) is 2. The molecule has 0 amide bonds. The number of unbranched alkanes of at least 4 members (excludes halogenated alkanes) is 13. The van der Waals surface area contributed by atoms with Crippen molar-refractivity contribution in [1.29, 1.82) is 0 Å². The molecule has 2 aliphatic heterocycles. The average Bonchev–Trinajstić information content (AvgIpc) is 4.23. The number of esters is 1. The van der Waals surface area contributed by atoms with Crippen molar-refractivity contribution in [3.8, 4) is 44.5 Å². The Morgan fingerprint density at radius 3 is 1.06 bits per heavy atom. The SMILES string of the molecule is CCCCCCCCCCCCCCCCOC(=O)c1ccc(-c2c3nc(c(-c4ccncc4)c4ccc([nH]4)c(-c4ccncc4)c4nc(c(-c5ccncc5)c5ccc2[nH]5)C=C4)C=C3)cc1. The predicted octanol–water partition coefficient (Wildman–Crippen LogP) is 15.1. The first-order valence-corrected chi connectivity index (χ1v) is 24.3. The molecule has 8 bridgehead atoms. The van der Waals surface area contributed by atoms with Crippen LogP contribution in [0.2, 0.25) is 0 Å². The minimum atomic E-state index is -0.301. The van der Waals surface area contributed by atoms with Gasteiger partial charge < -0.3 is 14.7 Å². The molecule has 2 aliphatic rings. The summed E-state index contributed by atoms with van der Waals surface area (Å²) in [5.74, 6) is -0.301. The number of aromatic nitrogens is 7. The lowest BCUT2D eigenvalue weighted by molar-refractivity contribution is 0.0497. The number of fused-ring (bicyclic) bond motifs is 8. The number of benzene rings is 1. The molecule has 0 unspecified atom stereocenters. The summed E-state index contributed by atoms with van der Waals surface area (Å²) in [6.45, 7) is 2.71. The standard InChI is InChI=1S/C58H59N7O2/c1-2-3-4-5-6-7-8-9-10-11-12-13-14-15-40-67-58(66)45-18-16-41(17-19-45)54-46-20-22-48(62-46)55(42-28-34-59-35-29-42)50-24-26-52(64-50)57(44-32-38-61-39-33-44)53-27-25-51(65-53)56(43-30-36-60-37-31-43)49-23-21-47(54)63-49/h16-39,62,65H,2-15,40H2,1H3. The number of carbonyl (C=O) groups excluding carboxylic acids is 1. The van der Waals surface area contributed by atoms with E-state index in [-0.39, 0.29) is 5.97 Å². The first-order valence-electron chi connectivity index (χ1n) is 24.3. The number of carbonyl (C=O) groups is 1. The second kappa shape index (κ2) is 22.3. The van der Waals surface area contributed by atoms with Gasteiger partial charge in [-0.15, -0.1) is 0 Å².